The summed E-state index contributed by atoms with van der Waals surface area (Å²) in [5.41, 5.74) is 0. The third-order valence-corrected chi connectivity index (χ3v) is 12.8. The predicted molar refractivity (Wildman–Crippen MR) is 121 cm³/mol. The van der Waals surface area contributed by atoms with Gasteiger partial charge in [0.15, 0.2) is 0 Å². The third kappa shape index (κ3) is 3.91. The minimum atomic E-state index is -3.19. The second-order valence-electron chi connectivity index (χ2n) is 6.68. The molecule has 0 saturated carbocycles. The van der Waals surface area contributed by atoms with Crippen LogP contribution in [0.1, 0.15) is 12.8 Å². The first kappa shape index (κ1) is 19.9. The molecule has 0 aliphatic rings. The molecule has 140 valence electrons. The van der Waals surface area contributed by atoms with Gasteiger partial charge in [0.1, 0.15) is 0 Å². The van der Waals surface area contributed by atoms with Crippen molar-refractivity contribution in [2.24, 2.45) is 0 Å². The van der Waals surface area contributed by atoms with E-state index in [2.05, 4.69) is 49.2 Å². The van der Waals surface area contributed by atoms with Gasteiger partial charge in [-0.15, -0.1) is 0 Å². The van der Waals surface area contributed by atoms with Gasteiger partial charge in [0.25, 0.3) is 0 Å². The number of hydrogen-bond acceptors (Lipinski definition) is 2. The molecule has 5 heteroatoms. The van der Waals surface area contributed by atoms with Crippen LogP contribution in [0.2, 0.25) is 0 Å². The summed E-state index contributed by atoms with van der Waals surface area (Å²) < 4.78 is 0.580. The Morgan fingerprint density at radius 3 is 1.41 bits per heavy atom. The zero-order valence-electron chi connectivity index (χ0n) is 15.1. The van der Waals surface area contributed by atoms with Crippen molar-refractivity contribution >= 4 is 45.9 Å². The van der Waals surface area contributed by atoms with Crippen LogP contribution in [-0.2, 0) is 12.8 Å². The van der Waals surface area contributed by atoms with Gasteiger partial charge in [-0.3, -0.25) is 0 Å². The molecule has 2 nitrogen and oxygen atoms in total. The average molecular weight is 416 g/mol. The van der Waals surface area contributed by atoms with E-state index in [0.717, 1.165) is 34.9 Å². The fraction of sp³-hybridized carbons (Fsp3) is 0.182. The second kappa shape index (κ2) is 8.48. The summed E-state index contributed by atoms with van der Waals surface area (Å²) in [7, 11) is 0. The quantitative estimate of drug-likeness (QED) is 0.230. The van der Waals surface area contributed by atoms with Crippen molar-refractivity contribution in [2.75, 3.05) is 12.7 Å². The fourth-order valence-corrected chi connectivity index (χ4v) is 10.1. The molecule has 0 unspecified atom stereocenters. The summed E-state index contributed by atoms with van der Waals surface area (Å²) in [5, 5.41) is 3.46. The maximum absolute atomic E-state index is 11.2. The summed E-state index contributed by atoms with van der Waals surface area (Å²) in [6.45, 7) is 0.344. The van der Waals surface area contributed by atoms with Gasteiger partial charge in [-0.2, -0.15) is 0 Å². The molecular weight excluding hydrogens is 393 g/mol. The summed E-state index contributed by atoms with van der Waals surface area (Å²) in [6.07, 6.45) is 2.34. The first-order chi connectivity index (χ1) is 13.1. The topological polar surface area (TPSA) is 20.1 Å². The van der Waals surface area contributed by atoms with Crippen LogP contribution in [0.4, 0.5) is 0 Å². The van der Waals surface area contributed by atoms with E-state index in [1.165, 1.54) is 0 Å². The number of unbranched alkanes of at least 4 members (excludes halogenated alkanes) is 1. The molecule has 0 aliphatic carbocycles. The Bertz CT molecular complexity index is 791. The van der Waals surface area contributed by atoms with Gasteiger partial charge in [0.05, 0.1) is 0 Å². The SMILES string of the molecule is O=[N+]([S-])CCCCP(Cl)(c1ccccc1)(c1ccccc1)c1ccccc1. The standard InChI is InChI=1S/C22H23ClNOPS/c23-26(19-11-10-18-24(25)27,20-12-4-1-5-13-20,21-14-6-2-7-15-21)22-16-8-3-9-17-22/h1-9,12-17H,10-11,18-19H2. The van der Waals surface area contributed by atoms with E-state index in [0.29, 0.717) is 10.7 Å². The van der Waals surface area contributed by atoms with E-state index in [1.54, 1.807) is 0 Å². The number of nitroso groups, excluding NO2 is 1. The van der Waals surface area contributed by atoms with Crippen molar-refractivity contribution in [2.45, 2.75) is 12.8 Å². The summed E-state index contributed by atoms with van der Waals surface area (Å²) in [5.74, 6) is -3.19. The molecule has 0 atom stereocenters. The molecule has 3 rings (SSSR count). The Labute approximate surface area is 171 Å². The monoisotopic (exact) mass is 415 g/mol. The van der Waals surface area contributed by atoms with Crippen molar-refractivity contribution < 1.29 is 4.17 Å². The number of rotatable bonds is 8. The Hall–Kier alpha value is -1.80. The van der Waals surface area contributed by atoms with Crippen LogP contribution in [-0.4, -0.2) is 16.9 Å². The van der Waals surface area contributed by atoms with Crippen molar-refractivity contribution in [3.63, 3.8) is 0 Å². The Morgan fingerprint density at radius 2 is 1.07 bits per heavy atom. The molecule has 0 aromatic heterocycles. The van der Waals surface area contributed by atoms with Crippen LogP contribution in [0.25, 0.3) is 0 Å². The molecule has 3 aromatic rings. The molecular formula is C22H23ClNOPS. The Morgan fingerprint density at radius 1 is 0.704 bits per heavy atom. The van der Waals surface area contributed by atoms with Crippen LogP contribution in [0, 0.1) is 4.91 Å². The van der Waals surface area contributed by atoms with Crippen LogP contribution >= 0.6 is 17.2 Å². The second-order valence-corrected chi connectivity index (χ2v) is 13.7. The third-order valence-electron chi connectivity index (χ3n) is 5.05. The zero-order valence-corrected chi connectivity index (χ0v) is 17.5. The van der Waals surface area contributed by atoms with E-state index in [1.807, 2.05) is 54.6 Å². The van der Waals surface area contributed by atoms with Gasteiger partial charge in [0.2, 0.25) is 0 Å². The van der Waals surface area contributed by atoms with E-state index >= 15 is 0 Å². The Balaban J connectivity index is 2.21. The van der Waals surface area contributed by atoms with Gasteiger partial charge in [-0.1, -0.05) is 0 Å². The Kier molecular flexibility index (Phi) is 6.26. The average Bonchev–Trinajstić information content (AvgIpc) is 2.73. The molecule has 0 spiro atoms. The predicted octanol–water partition coefficient (Wildman–Crippen LogP) is 4.69. The number of nitrogens with zero attached hydrogens (tertiary/aromatic N) is 1. The normalized spacial score (nSPS) is 12.9. The summed E-state index contributed by atoms with van der Waals surface area (Å²) in [4.78, 5) is 11.2. The van der Waals surface area contributed by atoms with Crippen LogP contribution in [0.5, 0.6) is 0 Å². The van der Waals surface area contributed by atoms with Crippen molar-refractivity contribution in [3.8, 4) is 0 Å². The molecule has 0 aliphatic heterocycles. The van der Waals surface area contributed by atoms with Gasteiger partial charge in [-0.05, 0) is 0 Å². The molecule has 27 heavy (non-hydrogen) atoms. The molecule has 0 N–H and O–H groups in total. The molecule has 0 bridgehead atoms. The van der Waals surface area contributed by atoms with Crippen molar-refractivity contribution in [3.05, 3.63) is 95.9 Å². The minimum absolute atomic E-state index is 0.344. The zero-order chi connectivity index (χ0) is 19.2. The molecule has 0 amide bonds. The molecule has 0 saturated heterocycles. The molecule has 0 fully saturated rings. The van der Waals surface area contributed by atoms with Gasteiger partial charge in [0, 0.05) is 0 Å². The molecule has 0 heterocycles. The van der Waals surface area contributed by atoms with E-state index in [9.17, 15) is 4.91 Å². The number of hydrogen-bond donors (Lipinski definition) is 0. The fourth-order valence-electron chi connectivity index (χ4n) is 3.70. The number of halogens is 1. The van der Waals surface area contributed by atoms with Crippen molar-refractivity contribution in [1.29, 1.82) is 0 Å². The molecule has 3 aromatic carbocycles. The van der Waals surface area contributed by atoms with Crippen LogP contribution < -0.4 is 15.9 Å². The van der Waals surface area contributed by atoms with E-state index < -0.39 is 5.96 Å². The summed E-state index contributed by atoms with van der Waals surface area (Å²) in [6, 6.07) is 31.2. The van der Waals surface area contributed by atoms with Crippen LogP contribution in [0.3, 0.4) is 0 Å². The first-order valence-corrected chi connectivity index (χ1v) is 12.8. The first-order valence-electron chi connectivity index (χ1n) is 9.07. The van der Waals surface area contributed by atoms with E-state index in [-0.39, 0.29) is 0 Å². The van der Waals surface area contributed by atoms with Gasteiger partial charge in [-0.25, -0.2) is 0 Å². The van der Waals surface area contributed by atoms with Crippen LogP contribution in [0.15, 0.2) is 91.0 Å². The van der Waals surface area contributed by atoms with Gasteiger partial charge >= 0.3 is 172 Å². The van der Waals surface area contributed by atoms with E-state index in [4.69, 9.17) is 11.2 Å². The maximum atomic E-state index is 11.2. The van der Waals surface area contributed by atoms with Gasteiger partial charge < -0.3 is 0 Å². The molecule has 0 radical (unpaired) electrons. The number of benzene rings is 3. The van der Waals surface area contributed by atoms with Crippen molar-refractivity contribution in [1.82, 2.24) is 0 Å². The summed E-state index contributed by atoms with van der Waals surface area (Å²) >= 11 is 12.6.